The number of carbonyl (C=O) groups is 1. The highest BCUT2D eigenvalue weighted by Gasteiger charge is 2.38. The summed E-state index contributed by atoms with van der Waals surface area (Å²) in [5.74, 6) is -0.900. The molecular formula is C17H16F3NO2. The minimum atomic E-state index is -4.60. The summed E-state index contributed by atoms with van der Waals surface area (Å²) in [4.78, 5) is 12.4. The lowest BCUT2D eigenvalue weighted by Crippen LogP contribution is -2.40. The average Bonchev–Trinajstić information content (AvgIpc) is 2.54. The van der Waals surface area contributed by atoms with Crippen molar-refractivity contribution in [1.29, 1.82) is 0 Å². The molecule has 23 heavy (non-hydrogen) atoms. The number of hydrogen-bond donors (Lipinski definition) is 2. The van der Waals surface area contributed by atoms with Crippen molar-refractivity contribution >= 4 is 11.6 Å². The maximum atomic E-state index is 13.0. The van der Waals surface area contributed by atoms with Crippen molar-refractivity contribution in [2.24, 2.45) is 0 Å². The zero-order valence-electron chi connectivity index (χ0n) is 12.4. The molecule has 0 aliphatic carbocycles. The molecule has 2 rings (SSSR count). The summed E-state index contributed by atoms with van der Waals surface area (Å²) in [7, 11) is 0. The number of anilines is 1. The number of carbonyl (C=O) groups excluding carboxylic acids is 1. The van der Waals surface area contributed by atoms with E-state index in [1.54, 1.807) is 37.3 Å². The van der Waals surface area contributed by atoms with Gasteiger partial charge in [-0.1, -0.05) is 49.4 Å². The Labute approximate surface area is 131 Å². The molecule has 0 heterocycles. The molecule has 0 spiro atoms. The third-order valence-corrected chi connectivity index (χ3v) is 3.62. The predicted molar refractivity (Wildman–Crippen MR) is 80.7 cm³/mol. The van der Waals surface area contributed by atoms with Gasteiger partial charge in [-0.15, -0.1) is 0 Å². The molecule has 2 aromatic carbocycles. The molecule has 2 N–H and O–H groups in total. The standard InChI is InChI=1S/C17H16F3NO2/c1-2-16(23,12-8-4-3-5-9-12)15(22)21-14-11-7-6-10-13(14)17(18,19)20/h3-11,23H,2H2,1H3,(H,21,22)/t16-/m1/s1. The second-order valence-corrected chi connectivity index (χ2v) is 5.08. The molecule has 1 amide bonds. The second kappa shape index (κ2) is 6.42. The maximum Gasteiger partial charge on any atom is 0.418 e. The molecule has 3 nitrogen and oxygen atoms in total. The minimum Gasteiger partial charge on any atom is -0.375 e. The number of rotatable bonds is 4. The zero-order valence-corrected chi connectivity index (χ0v) is 12.4. The smallest absolute Gasteiger partial charge is 0.375 e. The molecule has 2 aromatic rings. The van der Waals surface area contributed by atoms with Gasteiger partial charge < -0.3 is 10.4 Å². The van der Waals surface area contributed by atoms with Crippen LogP contribution < -0.4 is 5.32 Å². The first-order valence-corrected chi connectivity index (χ1v) is 7.04. The van der Waals surface area contributed by atoms with Crippen LogP contribution >= 0.6 is 0 Å². The fourth-order valence-corrected chi connectivity index (χ4v) is 2.27. The Morgan fingerprint density at radius 2 is 1.61 bits per heavy atom. The summed E-state index contributed by atoms with van der Waals surface area (Å²) < 4.78 is 39.0. The number of benzene rings is 2. The SMILES string of the molecule is CC[C@](O)(C(=O)Nc1ccccc1C(F)(F)F)c1ccccc1. The molecule has 6 heteroatoms. The van der Waals surface area contributed by atoms with Crippen LogP contribution in [0.3, 0.4) is 0 Å². The van der Waals surface area contributed by atoms with E-state index in [0.717, 1.165) is 12.1 Å². The van der Waals surface area contributed by atoms with E-state index < -0.39 is 23.2 Å². The Kier molecular flexibility index (Phi) is 4.75. The van der Waals surface area contributed by atoms with Gasteiger partial charge in [-0.05, 0) is 24.1 Å². The van der Waals surface area contributed by atoms with E-state index in [4.69, 9.17) is 0 Å². The van der Waals surface area contributed by atoms with Gasteiger partial charge in [0.25, 0.3) is 5.91 Å². The molecule has 0 saturated carbocycles. The summed E-state index contributed by atoms with van der Waals surface area (Å²) in [6.45, 7) is 1.59. The molecule has 0 aliphatic rings. The molecule has 0 aliphatic heterocycles. The fraction of sp³-hybridized carbons (Fsp3) is 0.235. The fourth-order valence-electron chi connectivity index (χ4n) is 2.27. The van der Waals surface area contributed by atoms with E-state index in [9.17, 15) is 23.1 Å². The third kappa shape index (κ3) is 3.53. The maximum absolute atomic E-state index is 13.0. The lowest BCUT2D eigenvalue weighted by Gasteiger charge is -2.26. The molecule has 0 fully saturated rings. The highest BCUT2D eigenvalue weighted by atomic mass is 19.4. The Morgan fingerprint density at radius 3 is 2.17 bits per heavy atom. The van der Waals surface area contributed by atoms with Crippen molar-refractivity contribution < 1.29 is 23.1 Å². The van der Waals surface area contributed by atoms with Crippen molar-refractivity contribution in [3.05, 3.63) is 65.7 Å². The number of aliphatic hydroxyl groups is 1. The predicted octanol–water partition coefficient (Wildman–Crippen LogP) is 3.94. The molecule has 0 saturated heterocycles. The monoisotopic (exact) mass is 323 g/mol. The van der Waals surface area contributed by atoms with Gasteiger partial charge in [-0.3, -0.25) is 4.79 Å². The first kappa shape index (κ1) is 17.0. The van der Waals surface area contributed by atoms with Gasteiger partial charge in [0, 0.05) is 0 Å². The average molecular weight is 323 g/mol. The molecular weight excluding hydrogens is 307 g/mol. The van der Waals surface area contributed by atoms with Gasteiger partial charge in [-0.2, -0.15) is 13.2 Å². The molecule has 0 unspecified atom stereocenters. The van der Waals surface area contributed by atoms with E-state index >= 15 is 0 Å². The van der Waals surface area contributed by atoms with Crippen LogP contribution in [0.15, 0.2) is 54.6 Å². The Morgan fingerprint density at radius 1 is 1.04 bits per heavy atom. The number of amides is 1. The highest BCUT2D eigenvalue weighted by Crippen LogP contribution is 2.35. The highest BCUT2D eigenvalue weighted by molar-refractivity contribution is 5.98. The van der Waals surface area contributed by atoms with E-state index in [1.807, 2.05) is 0 Å². The largest absolute Gasteiger partial charge is 0.418 e. The van der Waals surface area contributed by atoms with Crippen LogP contribution in [-0.2, 0) is 16.6 Å². The number of halogens is 3. The van der Waals surface area contributed by atoms with Gasteiger partial charge in [0.15, 0.2) is 5.60 Å². The van der Waals surface area contributed by atoms with Gasteiger partial charge >= 0.3 is 6.18 Å². The zero-order chi connectivity index (χ0) is 17.1. The lowest BCUT2D eigenvalue weighted by atomic mass is 9.90. The second-order valence-electron chi connectivity index (χ2n) is 5.08. The van der Waals surface area contributed by atoms with Gasteiger partial charge in [0.1, 0.15) is 0 Å². The van der Waals surface area contributed by atoms with Crippen LogP contribution in [0.5, 0.6) is 0 Å². The van der Waals surface area contributed by atoms with Crippen LogP contribution in [0, 0.1) is 0 Å². The lowest BCUT2D eigenvalue weighted by molar-refractivity contribution is -0.137. The van der Waals surface area contributed by atoms with Crippen LogP contribution in [0.4, 0.5) is 18.9 Å². The normalized spacial score (nSPS) is 14.1. The molecule has 1 atom stereocenters. The third-order valence-electron chi connectivity index (χ3n) is 3.62. The Balaban J connectivity index is 2.35. The van der Waals surface area contributed by atoms with Gasteiger partial charge in [0.2, 0.25) is 0 Å². The van der Waals surface area contributed by atoms with Crippen LogP contribution in [0.1, 0.15) is 24.5 Å². The van der Waals surface area contributed by atoms with Crippen molar-refractivity contribution in [1.82, 2.24) is 0 Å². The molecule has 0 aromatic heterocycles. The van der Waals surface area contributed by atoms with E-state index in [0.29, 0.717) is 5.56 Å². The Bertz CT molecular complexity index is 686. The molecule has 122 valence electrons. The molecule has 0 radical (unpaired) electrons. The van der Waals surface area contributed by atoms with Gasteiger partial charge in [0.05, 0.1) is 11.3 Å². The molecule has 0 bridgehead atoms. The number of hydrogen-bond acceptors (Lipinski definition) is 2. The summed E-state index contributed by atoms with van der Waals surface area (Å²) in [5, 5.41) is 12.8. The van der Waals surface area contributed by atoms with Gasteiger partial charge in [-0.25, -0.2) is 0 Å². The van der Waals surface area contributed by atoms with E-state index in [1.165, 1.54) is 12.1 Å². The van der Waals surface area contributed by atoms with Crippen LogP contribution in [0.25, 0.3) is 0 Å². The van der Waals surface area contributed by atoms with Crippen molar-refractivity contribution in [3.63, 3.8) is 0 Å². The summed E-state index contributed by atoms with van der Waals surface area (Å²) in [5.41, 5.74) is -2.92. The van der Waals surface area contributed by atoms with Crippen molar-refractivity contribution in [2.75, 3.05) is 5.32 Å². The number of nitrogens with one attached hydrogen (secondary N) is 1. The topological polar surface area (TPSA) is 49.3 Å². The van der Waals surface area contributed by atoms with E-state index in [-0.39, 0.29) is 12.1 Å². The summed E-state index contributed by atoms with van der Waals surface area (Å²) >= 11 is 0. The van der Waals surface area contributed by atoms with E-state index in [2.05, 4.69) is 5.32 Å². The van der Waals surface area contributed by atoms with Crippen LogP contribution in [0.2, 0.25) is 0 Å². The minimum absolute atomic E-state index is 0.0248. The first-order chi connectivity index (χ1) is 10.8. The first-order valence-electron chi connectivity index (χ1n) is 7.04. The van der Waals surface area contributed by atoms with Crippen molar-refractivity contribution in [3.8, 4) is 0 Å². The summed E-state index contributed by atoms with van der Waals surface area (Å²) in [6.07, 6.45) is -4.57. The van der Waals surface area contributed by atoms with Crippen molar-refractivity contribution in [2.45, 2.75) is 25.1 Å². The number of para-hydroxylation sites is 1. The summed E-state index contributed by atoms with van der Waals surface area (Å²) in [6, 6.07) is 12.8. The number of alkyl halides is 3. The van der Waals surface area contributed by atoms with Crippen LogP contribution in [-0.4, -0.2) is 11.0 Å². The quantitative estimate of drug-likeness (QED) is 0.895. The Hall–Kier alpha value is -2.34.